The molecule has 5 aromatic rings. The first-order valence-corrected chi connectivity index (χ1v) is 16.7. The number of phenolic OH excluding ortho intramolecular Hbond substituents is 4. The van der Waals surface area contributed by atoms with Crippen LogP contribution in [-0.4, -0.2) is 56.1 Å². The number of carbonyl (C=O) groups is 1. The van der Waals surface area contributed by atoms with Crippen molar-refractivity contribution in [2.24, 2.45) is 11.8 Å². The molecule has 0 unspecified atom stereocenters. The number of aromatic nitrogens is 1. The summed E-state index contributed by atoms with van der Waals surface area (Å²) < 4.78 is 10.9. The van der Waals surface area contributed by atoms with Crippen LogP contribution in [0.4, 0.5) is 11.5 Å². The van der Waals surface area contributed by atoms with E-state index in [2.05, 4.69) is 10.3 Å². The molecule has 0 saturated heterocycles. The largest absolute Gasteiger partial charge is 0.508 e. The zero-order chi connectivity index (χ0) is 35.8. The van der Waals surface area contributed by atoms with E-state index in [1.807, 2.05) is 50.2 Å². The number of ether oxygens (including phenoxy) is 2. The third-order valence-corrected chi connectivity index (χ3v) is 8.57. The molecule has 0 amide bonds. The molecule has 10 heteroatoms. The molecule has 0 aliphatic heterocycles. The van der Waals surface area contributed by atoms with Gasteiger partial charge in [0.1, 0.15) is 17.4 Å². The second-order valence-corrected chi connectivity index (χ2v) is 13.0. The van der Waals surface area contributed by atoms with Gasteiger partial charge in [-0.25, -0.2) is 4.98 Å². The van der Waals surface area contributed by atoms with Gasteiger partial charge in [0.15, 0.2) is 23.0 Å². The molecule has 5 rings (SSSR count). The molecule has 1 heterocycles. The van der Waals surface area contributed by atoms with Gasteiger partial charge < -0.3 is 40.3 Å². The van der Waals surface area contributed by atoms with Gasteiger partial charge >= 0.3 is 0 Å². The summed E-state index contributed by atoms with van der Waals surface area (Å²) in [6.07, 6.45) is 2.04. The minimum Gasteiger partial charge on any atom is -0.508 e. The summed E-state index contributed by atoms with van der Waals surface area (Å²) in [5.74, 6) is -0.0767. The van der Waals surface area contributed by atoms with Gasteiger partial charge in [-0.3, -0.25) is 4.79 Å². The molecule has 50 heavy (non-hydrogen) atoms. The average molecular weight is 681 g/mol. The van der Waals surface area contributed by atoms with E-state index < -0.39 is 12.0 Å². The van der Waals surface area contributed by atoms with Crippen molar-refractivity contribution in [3.05, 3.63) is 102 Å². The molecule has 1 aromatic heterocycles. The minimum absolute atomic E-state index is 0.0213. The van der Waals surface area contributed by atoms with E-state index in [0.29, 0.717) is 36.6 Å². The predicted molar refractivity (Wildman–Crippen MR) is 193 cm³/mol. The Kier molecular flexibility index (Phi) is 11.7. The van der Waals surface area contributed by atoms with E-state index in [4.69, 9.17) is 9.47 Å². The maximum atomic E-state index is 13.9. The number of ketones is 1. The summed E-state index contributed by atoms with van der Waals surface area (Å²) in [6, 6.07) is 22.7. The lowest BCUT2D eigenvalue weighted by Gasteiger charge is -2.23. The highest BCUT2D eigenvalue weighted by atomic mass is 16.5. The van der Waals surface area contributed by atoms with Crippen LogP contribution in [0, 0.1) is 11.8 Å². The van der Waals surface area contributed by atoms with Crippen molar-refractivity contribution in [1.29, 1.82) is 0 Å². The molecule has 0 fully saturated rings. The maximum absolute atomic E-state index is 13.9. The number of hydrogen-bond donors (Lipinski definition) is 6. The van der Waals surface area contributed by atoms with E-state index >= 15 is 0 Å². The highest BCUT2D eigenvalue weighted by molar-refractivity contribution is 5.87. The highest BCUT2D eigenvalue weighted by Gasteiger charge is 2.27. The van der Waals surface area contributed by atoms with Gasteiger partial charge in [-0.05, 0) is 120 Å². The molecule has 4 aromatic carbocycles. The topological polar surface area (TPSA) is 162 Å². The number of fused-ring (bicyclic) bond motifs is 1. The number of rotatable bonds is 16. The Balaban J connectivity index is 1.34. The minimum atomic E-state index is -0.984. The third-order valence-electron chi connectivity index (χ3n) is 8.57. The monoisotopic (exact) mass is 680 g/mol. The fourth-order valence-corrected chi connectivity index (χ4v) is 5.85. The van der Waals surface area contributed by atoms with E-state index in [1.165, 1.54) is 13.2 Å². The van der Waals surface area contributed by atoms with E-state index in [0.717, 1.165) is 27.6 Å². The quantitative estimate of drug-likeness (QED) is 0.0588. The van der Waals surface area contributed by atoms with Crippen LogP contribution in [0.5, 0.6) is 34.5 Å². The van der Waals surface area contributed by atoms with Crippen LogP contribution in [-0.2, 0) is 24.1 Å². The number of benzene rings is 4. The fourth-order valence-electron chi connectivity index (χ4n) is 5.85. The first kappa shape index (κ1) is 35.8. The SMILES string of the molecule is COc1cc(CC[C@@H](O)[C@@H](Cc2ccnc(Nc3ccc4cc(O)ccc4c3)c2)C(=O)CCc2cc(O)c(O)c(OCC(C)C)c2)ccc1O. The van der Waals surface area contributed by atoms with Crippen molar-refractivity contribution in [1.82, 2.24) is 4.98 Å². The summed E-state index contributed by atoms with van der Waals surface area (Å²) in [5.41, 5.74) is 3.08. The number of aliphatic hydroxyl groups is 1. The standard InChI is InChI=1S/C40H44N2O8/c1-24(2)23-50-38-19-26(17-36(47)40(38)48)6-12-34(45)32(33(44)11-4-25-5-13-35(46)37(18-25)49-3)16-27-14-15-41-39(20-27)42-30-9-7-29-22-31(43)10-8-28(29)21-30/h5,7-10,13-15,17-22,24,32-33,43-44,46-48H,4,6,11-12,16,23H2,1-3H3,(H,41,42)/t32-,33-/m1/s1. The van der Waals surface area contributed by atoms with Crippen LogP contribution in [0.2, 0.25) is 0 Å². The van der Waals surface area contributed by atoms with Gasteiger partial charge in [0, 0.05) is 24.2 Å². The van der Waals surface area contributed by atoms with E-state index in [-0.39, 0.29) is 59.7 Å². The number of carbonyl (C=O) groups excluding carboxylic acids is 1. The number of pyridine rings is 1. The first-order chi connectivity index (χ1) is 24.0. The fraction of sp³-hybridized carbons (Fsp3) is 0.300. The molecule has 10 nitrogen and oxygen atoms in total. The smallest absolute Gasteiger partial charge is 0.200 e. The van der Waals surface area contributed by atoms with Crippen molar-refractivity contribution < 1.29 is 39.8 Å². The molecule has 0 spiro atoms. The average Bonchev–Trinajstić information content (AvgIpc) is 3.10. The number of nitrogens with one attached hydrogen (secondary N) is 1. The van der Waals surface area contributed by atoms with E-state index in [9.17, 15) is 30.3 Å². The first-order valence-electron chi connectivity index (χ1n) is 16.7. The Morgan fingerprint density at radius 1 is 0.800 bits per heavy atom. The lowest BCUT2D eigenvalue weighted by molar-refractivity contribution is -0.126. The summed E-state index contributed by atoms with van der Waals surface area (Å²) in [6.45, 7) is 4.30. The number of Topliss-reactive ketones (excluding diaryl/α,β-unsaturated/α-hetero) is 1. The molecule has 0 bridgehead atoms. The molecule has 0 saturated carbocycles. The Morgan fingerprint density at radius 3 is 2.34 bits per heavy atom. The van der Waals surface area contributed by atoms with Gasteiger partial charge in [-0.2, -0.15) is 0 Å². The van der Waals surface area contributed by atoms with Crippen LogP contribution >= 0.6 is 0 Å². The Hall–Kier alpha value is -5.48. The summed E-state index contributed by atoms with van der Waals surface area (Å²) in [4.78, 5) is 18.4. The number of hydrogen-bond acceptors (Lipinski definition) is 10. The Bertz CT molecular complexity index is 1940. The number of methoxy groups -OCH3 is 1. The van der Waals surface area contributed by atoms with Crippen molar-refractivity contribution in [2.45, 2.75) is 52.1 Å². The molecule has 0 aliphatic carbocycles. The summed E-state index contributed by atoms with van der Waals surface area (Å²) >= 11 is 0. The Morgan fingerprint density at radius 2 is 1.56 bits per heavy atom. The van der Waals surface area contributed by atoms with Crippen LogP contribution in [0.3, 0.4) is 0 Å². The number of anilines is 2. The number of aromatic hydroxyl groups is 4. The van der Waals surface area contributed by atoms with Crippen LogP contribution in [0.1, 0.15) is 43.4 Å². The second-order valence-electron chi connectivity index (χ2n) is 13.0. The third kappa shape index (κ3) is 9.35. The molecule has 262 valence electrons. The number of phenols is 4. The number of nitrogens with zero attached hydrogens (tertiary/aromatic N) is 1. The zero-order valence-electron chi connectivity index (χ0n) is 28.5. The molecular formula is C40H44N2O8. The molecule has 0 radical (unpaired) electrons. The van der Waals surface area contributed by atoms with Gasteiger partial charge in [0.05, 0.1) is 19.8 Å². The lowest BCUT2D eigenvalue weighted by atomic mass is 9.85. The van der Waals surface area contributed by atoms with Crippen molar-refractivity contribution in [3.63, 3.8) is 0 Å². The van der Waals surface area contributed by atoms with E-state index in [1.54, 1.807) is 42.6 Å². The molecule has 6 N–H and O–H groups in total. The van der Waals surface area contributed by atoms with Gasteiger partial charge in [-0.15, -0.1) is 0 Å². The number of aryl methyl sites for hydroxylation is 2. The van der Waals surface area contributed by atoms with Crippen molar-refractivity contribution in [2.75, 3.05) is 19.0 Å². The lowest BCUT2D eigenvalue weighted by Crippen LogP contribution is -2.31. The second kappa shape index (κ2) is 16.3. The summed E-state index contributed by atoms with van der Waals surface area (Å²) in [7, 11) is 1.47. The predicted octanol–water partition coefficient (Wildman–Crippen LogP) is 7.20. The highest BCUT2D eigenvalue weighted by Crippen LogP contribution is 2.37. The van der Waals surface area contributed by atoms with Crippen LogP contribution in [0.15, 0.2) is 85.1 Å². The molecular weight excluding hydrogens is 636 g/mol. The molecule has 0 aliphatic rings. The number of aliphatic hydroxyl groups excluding tert-OH is 1. The normalized spacial score (nSPS) is 12.5. The van der Waals surface area contributed by atoms with Crippen LogP contribution < -0.4 is 14.8 Å². The summed E-state index contributed by atoms with van der Waals surface area (Å²) in [5, 5.41) is 57.1. The van der Waals surface area contributed by atoms with Gasteiger partial charge in [0.2, 0.25) is 5.75 Å². The van der Waals surface area contributed by atoms with Gasteiger partial charge in [0.25, 0.3) is 0 Å². The van der Waals surface area contributed by atoms with Gasteiger partial charge in [-0.1, -0.05) is 32.0 Å². The van der Waals surface area contributed by atoms with Crippen molar-refractivity contribution >= 4 is 28.1 Å². The van der Waals surface area contributed by atoms with Crippen molar-refractivity contribution in [3.8, 4) is 34.5 Å². The maximum Gasteiger partial charge on any atom is 0.200 e. The van der Waals surface area contributed by atoms with Crippen LogP contribution in [0.25, 0.3) is 10.8 Å². The Labute approximate surface area is 291 Å². The zero-order valence-corrected chi connectivity index (χ0v) is 28.5. The molecule has 2 atom stereocenters.